The summed E-state index contributed by atoms with van der Waals surface area (Å²) in [5.74, 6) is 0. The van der Waals surface area contributed by atoms with Gasteiger partial charge >= 0.3 is 0 Å². The molecule has 0 radical (unpaired) electrons. The molecule has 4 rings (SSSR count). The second kappa shape index (κ2) is 57.7. The first kappa shape index (κ1) is 58.7. The van der Waals surface area contributed by atoms with Crippen LogP contribution in [0.1, 0.15) is 322 Å². The first-order chi connectivity index (χ1) is 29.9. The van der Waals surface area contributed by atoms with Crippen LogP contribution in [0.5, 0.6) is 0 Å². The second-order valence-electron chi connectivity index (χ2n) is 18.9. The number of hydrogen-bond acceptors (Lipinski definition) is 0. The van der Waals surface area contributed by atoms with Crippen molar-refractivity contribution in [2.24, 2.45) is 0 Å². The molecule has 0 fully saturated rings. The lowest BCUT2D eigenvalue weighted by Gasteiger charge is -2.02. The average molecular weight is 834 g/mol. The Labute approximate surface area is 381 Å². The molecule has 60 heavy (non-hydrogen) atoms. The van der Waals surface area contributed by atoms with Gasteiger partial charge < -0.3 is 0 Å². The second-order valence-corrected chi connectivity index (χ2v) is 18.9. The highest BCUT2D eigenvalue weighted by molar-refractivity contribution is 4.84. The Bertz CT molecular complexity index is 708. The van der Waals surface area contributed by atoms with Gasteiger partial charge in [0.15, 0.2) is 0 Å². The van der Waals surface area contributed by atoms with E-state index >= 15 is 0 Å². The minimum atomic E-state index is 1.19. The molecule has 0 aromatic heterocycles. The first-order valence-corrected chi connectivity index (χ1v) is 28.2. The molecule has 0 saturated carbocycles. The van der Waals surface area contributed by atoms with E-state index in [0.29, 0.717) is 0 Å². The third-order valence-corrected chi connectivity index (χ3v) is 12.8. The normalized spacial score (nSPS) is 20.4. The molecule has 0 unspecified atom stereocenters. The van der Waals surface area contributed by atoms with Gasteiger partial charge in [-0.05, 0) is 122 Å². The Balaban J connectivity index is 0.000000725. The summed E-state index contributed by atoms with van der Waals surface area (Å²) >= 11 is 0. The van der Waals surface area contributed by atoms with E-state index in [1.54, 1.807) is 0 Å². The van der Waals surface area contributed by atoms with E-state index in [0.717, 1.165) is 0 Å². The van der Waals surface area contributed by atoms with Gasteiger partial charge in [-0.3, -0.25) is 0 Å². The van der Waals surface area contributed by atoms with Crippen LogP contribution in [0.3, 0.4) is 0 Å². The number of allylic oxidation sites excluding steroid dienone is 10. The molecule has 0 N–H and O–H groups in total. The molecule has 0 saturated heterocycles. The molecule has 0 heteroatoms. The predicted molar refractivity (Wildman–Crippen MR) is 279 cm³/mol. The van der Waals surface area contributed by atoms with Gasteiger partial charge in [-0.1, -0.05) is 261 Å². The summed E-state index contributed by atoms with van der Waals surface area (Å²) in [5, 5.41) is 0. The van der Waals surface area contributed by atoms with Gasteiger partial charge in [-0.15, -0.1) is 0 Å². The Hall–Kier alpha value is -1.30. The molecule has 0 nitrogen and oxygen atoms in total. The van der Waals surface area contributed by atoms with E-state index in [9.17, 15) is 0 Å². The van der Waals surface area contributed by atoms with Crippen LogP contribution in [-0.2, 0) is 0 Å². The summed E-state index contributed by atoms with van der Waals surface area (Å²) in [6.07, 6.45) is 91.5. The quantitative estimate of drug-likeness (QED) is 0.169. The first-order valence-electron chi connectivity index (χ1n) is 28.2. The molecule has 0 aromatic carbocycles. The summed E-state index contributed by atoms with van der Waals surface area (Å²) < 4.78 is 0. The zero-order valence-corrected chi connectivity index (χ0v) is 41.7. The van der Waals surface area contributed by atoms with Crippen molar-refractivity contribution in [2.75, 3.05) is 0 Å². The molecule has 0 amide bonds. The molecular formula is C60H112. The fourth-order valence-electron chi connectivity index (χ4n) is 8.61. The maximum atomic E-state index is 2.38. The standard InChI is InChI=1S/4C12H22.C12H24/c4*1-2-4-6-8-10-12-11-9-7-5-3-1;1-3-5-7-9-11-12-10-8-6-4-2/h4*1-2H,3-12H2;5,7H,3-4,6,8-12H2,1-2H3. The Morgan fingerprint density at radius 3 is 0.650 bits per heavy atom. The fraction of sp³-hybridized carbons (Fsp3) is 0.833. The van der Waals surface area contributed by atoms with Crippen LogP contribution in [0, 0.1) is 0 Å². The topological polar surface area (TPSA) is 0 Å². The molecule has 0 spiro atoms. The van der Waals surface area contributed by atoms with Gasteiger partial charge in [0, 0.05) is 0 Å². The van der Waals surface area contributed by atoms with Gasteiger partial charge in [-0.25, -0.2) is 0 Å². The van der Waals surface area contributed by atoms with Crippen LogP contribution < -0.4 is 0 Å². The van der Waals surface area contributed by atoms with Crippen LogP contribution in [0.15, 0.2) is 60.8 Å². The van der Waals surface area contributed by atoms with Crippen LogP contribution in [-0.4, -0.2) is 0 Å². The molecule has 0 bridgehead atoms. The lowest BCUT2D eigenvalue weighted by Crippen LogP contribution is -1.82. The zero-order valence-electron chi connectivity index (χ0n) is 41.7. The maximum Gasteiger partial charge on any atom is -0.0351 e. The minimum Gasteiger partial charge on any atom is -0.0888 e. The van der Waals surface area contributed by atoms with Crippen LogP contribution in [0.2, 0.25) is 0 Å². The van der Waals surface area contributed by atoms with E-state index in [4.69, 9.17) is 0 Å². The van der Waals surface area contributed by atoms with Crippen molar-refractivity contribution in [1.29, 1.82) is 0 Å². The van der Waals surface area contributed by atoms with Crippen molar-refractivity contribution in [2.45, 2.75) is 322 Å². The average Bonchev–Trinajstić information content (AvgIpc) is 3.24. The summed E-state index contributed by atoms with van der Waals surface area (Å²) in [5.41, 5.74) is 0. The van der Waals surface area contributed by atoms with Crippen molar-refractivity contribution in [3.63, 3.8) is 0 Å². The van der Waals surface area contributed by atoms with Gasteiger partial charge in [-0.2, -0.15) is 0 Å². The summed E-state index contributed by atoms with van der Waals surface area (Å²) in [4.78, 5) is 0. The van der Waals surface area contributed by atoms with Gasteiger partial charge in [0.05, 0.1) is 0 Å². The van der Waals surface area contributed by atoms with E-state index in [2.05, 4.69) is 74.6 Å². The molecular weight excluding hydrogens is 721 g/mol. The molecule has 0 atom stereocenters. The SMILES string of the molecule is C1=CCCCCCCCCCC1.C1=CCCCCCCCCCC1.C1=CCCCCCCCCCC1.C1=CCCCCCCCCCC1.CCC=CCCCCCCCC. The summed E-state index contributed by atoms with van der Waals surface area (Å²) in [6, 6.07) is 0. The Morgan fingerprint density at radius 2 is 0.433 bits per heavy atom. The molecule has 0 aromatic rings. The van der Waals surface area contributed by atoms with Gasteiger partial charge in [0.25, 0.3) is 0 Å². The highest BCUT2D eigenvalue weighted by Gasteiger charge is 1.96. The Morgan fingerprint density at radius 1 is 0.233 bits per heavy atom. The van der Waals surface area contributed by atoms with E-state index in [1.807, 2.05) is 0 Å². The van der Waals surface area contributed by atoms with Crippen molar-refractivity contribution < 1.29 is 0 Å². The predicted octanol–water partition coefficient (Wildman–Crippen LogP) is 22.5. The van der Waals surface area contributed by atoms with Gasteiger partial charge in [0.1, 0.15) is 0 Å². The van der Waals surface area contributed by atoms with Crippen molar-refractivity contribution in [3.8, 4) is 0 Å². The lowest BCUT2D eigenvalue weighted by atomic mass is 10.0. The summed E-state index contributed by atoms with van der Waals surface area (Å²) in [6.45, 7) is 4.46. The van der Waals surface area contributed by atoms with Gasteiger partial charge in [0.2, 0.25) is 0 Å². The third kappa shape index (κ3) is 56.7. The number of rotatable bonds is 8. The van der Waals surface area contributed by atoms with Crippen LogP contribution in [0.25, 0.3) is 0 Å². The van der Waals surface area contributed by atoms with Crippen LogP contribution in [0.4, 0.5) is 0 Å². The molecule has 4 aliphatic rings. The highest BCUT2D eigenvalue weighted by atomic mass is 14.0. The zero-order chi connectivity index (χ0) is 43.0. The minimum absolute atomic E-state index is 1.19. The molecule has 4 aliphatic carbocycles. The smallest absolute Gasteiger partial charge is 0.0351 e. The van der Waals surface area contributed by atoms with E-state index < -0.39 is 0 Å². The third-order valence-electron chi connectivity index (χ3n) is 12.8. The van der Waals surface area contributed by atoms with E-state index in [-0.39, 0.29) is 0 Å². The molecule has 352 valence electrons. The lowest BCUT2D eigenvalue weighted by molar-refractivity contribution is 0.566. The molecule has 0 aliphatic heterocycles. The summed E-state index contributed by atoms with van der Waals surface area (Å²) in [7, 11) is 0. The van der Waals surface area contributed by atoms with Crippen molar-refractivity contribution in [1.82, 2.24) is 0 Å². The number of hydrogen-bond donors (Lipinski definition) is 0. The van der Waals surface area contributed by atoms with E-state index in [1.165, 1.54) is 308 Å². The maximum absolute atomic E-state index is 2.38. The fourth-order valence-corrected chi connectivity index (χ4v) is 8.61. The van der Waals surface area contributed by atoms with Crippen LogP contribution >= 0.6 is 0 Å². The number of unbranched alkanes of at least 4 members (excludes halogenated alkanes) is 6. The van der Waals surface area contributed by atoms with Crippen molar-refractivity contribution in [3.05, 3.63) is 60.8 Å². The monoisotopic (exact) mass is 833 g/mol. The Kier molecular flexibility index (Phi) is 56.4. The largest absolute Gasteiger partial charge is 0.0888 e. The molecule has 0 heterocycles. The highest BCUT2D eigenvalue weighted by Crippen LogP contribution is 2.16. The van der Waals surface area contributed by atoms with Crippen molar-refractivity contribution >= 4 is 0 Å².